The van der Waals surface area contributed by atoms with E-state index in [0.29, 0.717) is 30.8 Å². The van der Waals surface area contributed by atoms with Crippen LogP contribution in [-0.2, 0) is 16.0 Å². The minimum atomic E-state index is -0.0983. The van der Waals surface area contributed by atoms with Gasteiger partial charge in [-0.25, -0.2) is 0 Å². The molecule has 0 bridgehead atoms. The predicted molar refractivity (Wildman–Crippen MR) is 105 cm³/mol. The molecular weight excluding hydrogens is 327 g/mol. The largest absolute Gasteiger partial charge is 0.381 e. The maximum absolute atomic E-state index is 12.4. The zero-order valence-corrected chi connectivity index (χ0v) is 15.6. The molecule has 0 fully saturated rings. The predicted octanol–water partition coefficient (Wildman–Crippen LogP) is 4.05. The van der Waals surface area contributed by atoms with Gasteiger partial charge in [0, 0.05) is 24.2 Å². The first-order chi connectivity index (χ1) is 12.6. The summed E-state index contributed by atoms with van der Waals surface area (Å²) in [4.78, 5) is 34.0. The molecule has 26 heavy (non-hydrogen) atoms. The molecule has 1 aromatic rings. The van der Waals surface area contributed by atoms with E-state index in [2.05, 4.69) is 6.58 Å². The topological polar surface area (TPSA) is 60.4 Å². The maximum atomic E-state index is 12.4. The van der Waals surface area contributed by atoms with Crippen molar-refractivity contribution in [1.29, 1.82) is 0 Å². The van der Waals surface area contributed by atoms with Gasteiger partial charge in [-0.3, -0.25) is 4.79 Å². The van der Waals surface area contributed by atoms with Gasteiger partial charge in [0.15, 0.2) is 6.29 Å². The summed E-state index contributed by atoms with van der Waals surface area (Å²) in [5.41, 5.74) is 1.85. The van der Waals surface area contributed by atoms with Crippen LogP contribution < -0.4 is 0 Å². The Morgan fingerprint density at radius 3 is 2.73 bits per heavy atom. The molecular formula is C21H28BO4. The minimum absolute atomic E-state index is 0.0983. The van der Waals surface area contributed by atoms with Crippen LogP contribution in [0.4, 0.5) is 0 Å². The molecule has 1 unspecified atom stereocenters. The van der Waals surface area contributed by atoms with E-state index < -0.39 is 0 Å². The van der Waals surface area contributed by atoms with E-state index >= 15 is 0 Å². The number of allylic oxidation sites excluding steroid dienone is 1. The second kappa shape index (κ2) is 13.2. The standard InChI is InChI=1S/C21H28BO4/c1-3-4-8-17(2)22-21(25)20-11-10-18(15-19(20)16-24)9-5-6-13-26-14-7-12-23/h3,10-12,15-17H,1,4-9,13-14H2,2H3. The third-order valence-electron chi connectivity index (χ3n) is 4.15. The van der Waals surface area contributed by atoms with Gasteiger partial charge in [-0.05, 0) is 37.3 Å². The third kappa shape index (κ3) is 8.39. The summed E-state index contributed by atoms with van der Waals surface area (Å²) in [5, 5.41) is 0. The monoisotopic (exact) mass is 355 g/mol. The fraction of sp³-hybridized carbons (Fsp3) is 0.476. The molecule has 0 aromatic heterocycles. The van der Waals surface area contributed by atoms with Gasteiger partial charge in [0.1, 0.15) is 12.0 Å². The molecule has 0 aliphatic carbocycles. The fourth-order valence-corrected chi connectivity index (χ4v) is 2.67. The second-order valence-corrected chi connectivity index (χ2v) is 6.44. The lowest BCUT2D eigenvalue weighted by molar-refractivity contribution is -0.108. The normalized spacial score (nSPS) is 11.6. The van der Waals surface area contributed by atoms with Crippen LogP contribution in [0, 0.1) is 0 Å². The molecule has 1 atom stereocenters. The Kier molecular flexibility index (Phi) is 11.2. The number of aryl methyl sites for hydroxylation is 1. The molecule has 0 aliphatic heterocycles. The Balaban J connectivity index is 2.52. The van der Waals surface area contributed by atoms with E-state index in [1.807, 2.05) is 19.1 Å². The van der Waals surface area contributed by atoms with Gasteiger partial charge < -0.3 is 14.3 Å². The van der Waals surface area contributed by atoms with Crippen molar-refractivity contribution in [1.82, 2.24) is 0 Å². The Hall–Kier alpha value is -2.01. The number of carbonyl (C=O) groups is 3. The van der Waals surface area contributed by atoms with Gasteiger partial charge in [-0.1, -0.05) is 37.4 Å². The van der Waals surface area contributed by atoms with E-state index in [4.69, 9.17) is 4.74 Å². The smallest absolute Gasteiger partial charge is 0.212 e. The van der Waals surface area contributed by atoms with E-state index in [0.717, 1.165) is 50.2 Å². The van der Waals surface area contributed by atoms with Crippen LogP contribution in [0.2, 0.25) is 5.82 Å². The first kappa shape index (κ1) is 22.0. The molecule has 5 heteroatoms. The highest BCUT2D eigenvalue weighted by Crippen LogP contribution is 2.17. The summed E-state index contributed by atoms with van der Waals surface area (Å²) >= 11 is 0. The van der Waals surface area contributed by atoms with Crippen molar-refractivity contribution in [3.05, 3.63) is 47.5 Å². The summed E-state index contributed by atoms with van der Waals surface area (Å²) < 4.78 is 5.33. The SMILES string of the molecule is C=CCCC(C)[B]C(=O)c1ccc(CCCCOCCC=O)cc1C=O. The van der Waals surface area contributed by atoms with Crippen LogP contribution in [0.25, 0.3) is 0 Å². The molecule has 0 heterocycles. The van der Waals surface area contributed by atoms with Crippen LogP contribution in [0.5, 0.6) is 0 Å². The Bertz CT molecular complexity index is 598. The Labute approximate surface area is 157 Å². The molecule has 0 spiro atoms. The zero-order chi connectivity index (χ0) is 19.2. The van der Waals surface area contributed by atoms with Crippen LogP contribution in [0.1, 0.15) is 65.3 Å². The molecule has 0 saturated carbocycles. The van der Waals surface area contributed by atoms with Crippen molar-refractivity contribution in [3.63, 3.8) is 0 Å². The third-order valence-corrected chi connectivity index (χ3v) is 4.15. The number of hydrogen-bond donors (Lipinski definition) is 0. The quantitative estimate of drug-likeness (QED) is 0.206. The van der Waals surface area contributed by atoms with Gasteiger partial charge in [0.2, 0.25) is 7.28 Å². The highest BCUT2D eigenvalue weighted by atomic mass is 16.5. The van der Waals surface area contributed by atoms with Gasteiger partial charge >= 0.3 is 0 Å². The van der Waals surface area contributed by atoms with Gasteiger partial charge in [-0.15, -0.1) is 6.58 Å². The van der Waals surface area contributed by atoms with Gasteiger partial charge in [-0.2, -0.15) is 0 Å². The van der Waals surface area contributed by atoms with Crippen molar-refractivity contribution in [2.45, 2.75) is 51.3 Å². The van der Waals surface area contributed by atoms with Crippen molar-refractivity contribution >= 4 is 25.5 Å². The molecule has 1 aromatic carbocycles. The van der Waals surface area contributed by atoms with E-state index in [1.165, 1.54) is 0 Å². The Morgan fingerprint density at radius 1 is 1.23 bits per heavy atom. The number of hydrogen-bond acceptors (Lipinski definition) is 4. The van der Waals surface area contributed by atoms with E-state index in [1.54, 1.807) is 19.4 Å². The number of ether oxygens (including phenoxy) is 1. The van der Waals surface area contributed by atoms with Crippen molar-refractivity contribution in [2.24, 2.45) is 0 Å². The van der Waals surface area contributed by atoms with Crippen LogP contribution in [-0.4, -0.2) is 38.7 Å². The van der Waals surface area contributed by atoms with Crippen molar-refractivity contribution < 1.29 is 19.1 Å². The molecule has 0 amide bonds. The van der Waals surface area contributed by atoms with Crippen LogP contribution >= 0.6 is 0 Å². The highest BCUT2D eigenvalue weighted by Gasteiger charge is 2.16. The summed E-state index contributed by atoms with van der Waals surface area (Å²) in [5.74, 6) is 0.152. The number of benzene rings is 1. The molecule has 0 N–H and O–H groups in total. The maximum Gasteiger partial charge on any atom is 0.212 e. The molecule has 0 aliphatic rings. The second-order valence-electron chi connectivity index (χ2n) is 6.44. The number of aldehydes is 2. The lowest BCUT2D eigenvalue weighted by Gasteiger charge is -2.10. The molecule has 1 radical (unpaired) electrons. The van der Waals surface area contributed by atoms with Crippen LogP contribution in [0.3, 0.4) is 0 Å². The van der Waals surface area contributed by atoms with Crippen molar-refractivity contribution in [2.75, 3.05) is 13.2 Å². The van der Waals surface area contributed by atoms with Gasteiger partial charge in [0.25, 0.3) is 0 Å². The van der Waals surface area contributed by atoms with E-state index in [9.17, 15) is 14.4 Å². The summed E-state index contributed by atoms with van der Waals surface area (Å²) in [6.07, 6.45) is 8.26. The van der Waals surface area contributed by atoms with Crippen LogP contribution in [0.15, 0.2) is 30.9 Å². The molecule has 0 saturated heterocycles. The minimum Gasteiger partial charge on any atom is -0.381 e. The lowest BCUT2D eigenvalue weighted by atomic mass is 9.58. The first-order valence-electron chi connectivity index (χ1n) is 9.22. The van der Waals surface area contributed by atoms with Crippen molar-refractivity contribution in [3.8, 4) is 0 Å². The fourth-order valence-electron chi connectivity index (χ4n) is 2.67. The molecule has 1 rings (SSSR count). The average molecular weight is 355 g/mol. The summed E-state index contributed by atoms with van der Waals surface area (Å²) in [6.45, 7) is 6.78. The molecule has 4 nitrogen and oxygen atoms in total. The summed E-state index contributed by atoms with van der Waals surface area (Å²) in [7, 11) is 1.68. The first-order valence-corrected chi connectivity index (χ1v) is 9.22. The lowest BCUT2D eigenvalue weighted by Crippen LogP contribution is -2.16. The highest BCUT2D eigenvalue weighted by molar-refractivity contribution is 6.78. The summed E-state index contributed by atoms with van der Waals surface area (Å²) in [6, 6.07) is 5.46. The average Bonchev–Trinajstić information content (AvgIpc) is 2.65. The molecule has 139 valence electrons. The number of rotatable bonds is 15. The van der Waals surface area contributed by atoms with Gasteiger partial charge in [0.05, 0.1) is 6.61 Å². The Morgan fingerprint density at radius 2 is 2.04 bits per heavy atom. The number of carbonyl (C=O) groups excluding carboxylic acids is 3. The number of unbranched alkanes of at least 4 members (excludes halogenated alkanes) is 1. The zero-order valence-electron chi connectivity index (χ0n) is 15.6. The van der Waals surface area contributed by atoms with E-state index in [-0.39, 0.29) is 11.5 Å².